The number of phosphoric acid groups is 1. The molecule has 11 aromatic rings. The molecule has 0 saturated carbocycles. The Morgan fingerprint density at radius 3 is 1.80 bits per heavy atom. The van der Waals surface area contributed by atoms with Crippen molar-refractivity contribution in [2.24, 2.45) is 0 Å². The number of non-ortho nitro benzene ring substituents is 1. The predicted octanol–water partition coefficient (Wildman–Crippen LogP) is 18.3. The largest absolute Gasteiger partial charge is 0.514 e. The van der Waals surface area contributed by atoms with E-state index in [-0.39, 0.29) is 73.5 Å². The van der Waals surface area contributed by atoms with Gasteiger partial charge in [0.15, 0.2) is 5.78 Å². The number of hydrogen-bond acceptors (Lipinski definition) is 16. The average molecular weight is 1720 g/mol. The van der Waals surface area contributed by atoms with Crippen LogP contribution in [0.15, 0.2) is 209 Å². The molecule has 5 heterocycles. The Kier molecular flexibility index (Phi) is 37.7. The molecule has 21 nitrogen and oxygen atoms in total. The first-order chi connectivity index (χ1) is 50.0. The molecule has 0 atom stereocenters. The molecule has 0 fully saturated rings. The van der Waals surface area contributed by atoms with Gasteiger partial charge < -0.3 is 88.9 Å². The number of amides is 2. The molecule has 0 unspecified atom stereocenters. The van der Waals surface area contributed by atoms with Gasteiger partial charge in [-0.15, -0.1) is 12.6 Å². The maximum absolute atomic E-state index is 14.2. The topological polar surface area (TPSA) is 304 Å². The van der Waals surface area contributed by atoms with Crippen molar-refractivity contribution in [2.75, 3.05) is 20.6 Å². The normalized spacial score (nSPS) is 11.5. The summed E-state index contributed by atoms with van der Waals surface area (Å²) in [4.78, 5) is 97.7. The van der Waals surface area contributed by atoms with Gasteiger partial charge in [0.05, 0.1) is 10.5 Å². The number of nitro benzene ring substituents is 1. The van der Waals surface area contributed by atoms with Crippen LogP contribution in [0.25, 0.3) is 44.3 Å². The second-order valence-corrected chi connectivity index (χ2v) is 27.8. The fourth-order valence-electron chi connectivity index (χ4n) is 10.4. The van der Waals surface area contributed by atoms with Crippen LogP contribution in [-0.2, 0) is 90.3 Å². The third-order valence-electron chi connectivity index (χ3n) is 14.9. The summed E-state index contributed by atoms with van der Waals surface area (Å²) >= 11 is 11.1. The maximum Gasteiger partial charge on any atom is 0.514 e. The van der Waals surface area contributed by atoms with Crippen molar-refractivity contribution in [1.29, 1.82) is 0 Å². The number of nitrogens with one attached hydrogen (secondary N) is 5. The van der Waals surface area contributed by atoms with Crippen molar-refractivity contribution in [2.45, 2.75) is 80.7 Å². The summed E-state index contributed by atoms with van der Waals surface area (Å²) in [5.41, 5.74) is 12.0. The third-order valence-corrected chi connectivity index (χ3v) is 17.8. The van der Waals surface area contributed by atoms with Crippen LogP contribution < -0.4 is 15.4 Å². The SMILES string of the molecule is CN(Cc1ccc(-c2[nH]c3cc(F)cc4c3c2CCCC4=O)cc1)C(=O)OCc1ccc(SSc2ccccn2)cc1.CNCc1ccc(-c2[nH]c3cc(F)cc4c3c2CCNC4=O)cc1.C[CH-]I.O=C(OCc1ccc(S)cc1)Oc1ccc([N+](=O)[O-])cc1.O=P(O)(O)O.S=c1cccc[nH]1.[CH2-]C.[V].[V]. The molecule has 0 bridgehead atoms. The first-order valence-electron chi connectivity index (χ1n) is 31.9. The molecule has 106 heavy (non-hydrogen) atoms. The van der Waals surface area contributed by atoms with Crippen molar-refractivity contribution in [3.8, 4) is 28.3 Å². The number of ketones is 1. The summed E-state index contributed by atoms with van der Waals surface area (Å²) in [6, 6.07) is 53.5. The molecule has 1 aliphatic heterocycles. The van der Waals surface area contributed by atoms with E-state index >= 15 is 0 Å². The second-order valence-electron chi connectivity index (χ2n) is 22.3. The van der Waals surface area contributed by atoms with Crippen LogP contribution in [0.5, 0.6) is 5.75 Å². The number of nitro groups is 1. The van der Waals surface area contributed by atoms with Crippen LogP contribution in [0.2, 0.25) is 0 Å². The molecule has 2 aliphatic rings. The van der Waals surface area contributed by atoms with E-state index in [0.717, 1.165) is 106 Å². The Balaban J connectivity index is 0.000000268. The molecule has 4 aromatic heterocycles. The van der Waals surface area contributed by atoms with Crippen LogP contribution in [0.3, 0.4) is 0 Å². The molecule has 31 heteroatoms. The zero-order valence-corrected chi connectivity index (χ0v) is 66.7. The van der Waals surface area contributed by atoms with Crippen LogP contribution in [0, 0.1) is 37.7 Å². The number of thiol groups is 1. The number of aromatic nitrogens is 4. The monoisotopic (exact) mass is 1720 g/mol. The van der Waals surface area contributed by atoms with Crippen molar-refractivity contribution in [1.82, 2.24) is 35.5 Å². The number of hydrogen-bond donors (Lipinski definition) is 9. The Hall–Kier alpha value is -7.90. The van der Waals surface area contributed by atoms with Crippen molar-refractivity contribution >= 4 is 128 Å². The minimum absolute atomic E-state index is 0. The smallest absolute Gasteiger partial charge is 0.445 e. The zero-order valence-electron chi connectivity index (χ0n) is 57.5. The molecule has 0 spiro atoms. The van der Waals surface area contributed by atoms with E-state index in [0.29, 0.717) is 41.7 Å². The molecule has 13 rings (SSSR count). The molecular formula is C75H74F2IN8O13PS4V2-2. The van der Waals surface area contributed by atoms with Gasteiger partial charge in [-0.05, 0) is 167 Å². The second kappa shape index (κ2) is 45.0. The van der Waals surface area contributed by atoms with E-state index in [1.807, 2.05) is 110 Å². The Morgan fingerprint density at radius 2 is 1.27 bits per heavy atom. The van der Waals surface area contributed by atoms with E-state index in [4.69, 9.17) is 45.7 Å². The van der Waals surface area contributed by atoms with Gasteiger partial charge >= 0.3 is 20.1 Å². The third kappa shape index (κ3) is 28.0. The number of Topliss-reactive ketones (excluding diaryl/α,β-unsaturated/α-hetero) is 1. The van der Waals surface area contributed by atoms with Gasteiger partial charge in [-0.25, -0.2) is 27.9 Å². The van der Waals surface area contributed by atoms with Crippen molar-refractivity contribution < 1.29 is 103 Å². The number of H-pyrrole nitrogens is 3. The number of carbonyl (C=O) groups is 4. The summed E-state index contributed by atoms with van der Waals surface area (Å²) < 4.78 is 55.1. The van der Waals surface area contributed by atoms with Gasteiger partial charge in [0.1, 0.15) is 40.3 Å². The van der Waals surface area contributed by atoms with E-state index in [1.165, 1.54) is 54.1 Å². The number of halogens is 3. The Labute approximate surface area is 667 Å². The first-order valence-corrected chi connectivity index (χ1v) is 37.7. The van der Waals surface area contributed by atoms with Crippen LogP contribution in [0.4, 0.5) is 24.1 Å². The Morgan fingerprint density at radius 1 is 0.745 bits per heavy atom. The van der Waals surface area contributed by atoms with Gasteiger partial charge in [0, 0.05) is 143 Å². The van der Waals surface area contributed by atoms with Crippen molar-refractivity contribution in [3.63, 3.8) is 0 Å². The van der Waals surface area contributed by atoms with E-state index in [9.17, 15) is 38.1 Å². The summed E-state index contributed by atoms with van der Waals surface area (Å²) in [5.74, 6) is -0.868. The fourth-order valence-corrected chi connectivity index (χ4v) is 12.6. The summed E-state index contributed by atoms with van der Waals surface area (Å²) in [5, 5.41) is 19.1. The number of pyridine rings is 2. The number of benzene rings is 7. The number of aryl methyl sites for hydroxylation is 1. The van der Waals surface area contributed by atoms with E-state index in [2.05, 4.69) is 97.0 Å². The van der Waals surface area contributed by atoms with Crippen molar-refractivity contribution in [3.05, 3.63) is 277 Å². The van der Waals surface area contributed by atoms with E-state index in [1.54, 1.807) is 70.9 Å². The van der Waals surface area contributed by atoms with Crippen LogP contribution >= 0.6 is 76.8 Å². The standard InChI is InChI=1S/C33H28FN3O3S2.C19H18FN3O.C14H11NO5S.C5H5NS.C2H4I.C2H5.H3O4P.2V/c1-37(33(39)40-20-22-10-14-25(15-11-22)41-42-30-7-2-3-16-35-30)19-21-8-12-23(13-9-21)32-26-5-4-6-29(38)27-17-24(34)18-28(36-32)31(26)27;1-21-10-11-2-4-12(5-3-11)18-14-6-7-22-19(24)15-8-13(20)9-16(23-18)17(14)15;16-14(19-9-10-1-7-13(21)8-2-10)20-12-5-3-11(4-6-12)15(17)18;7-5-3-1-2-4-6-5;1-2-3;1-2;1-5(2,3)4;;/h2-3,7-18,36H,4-6,19-20H2,1H3;2-5,8-9,21,23H,6-7,10H2,1H3,(H,22,24);1-8,21H,9H2;1-4H,(H,6,7);2H,1H3;1H2,2H3;(H3,1,2,3,4);;/q;;;;2*-1;;;. The predicted molar refractivity (Wildman–Crippen MR) is 416 cm³/mol. The number of rotatable bonds is 15. The molecule has 7 aromatic carbocycles. The zero-order chi connectivity index (χ0) is 75.3. The summed E-state index contributed by atoms with van der Waals surface area (Å²) in [6.07, 6.45) is 4.93. The minimum Gasteiger partial charge on any atom is -0.445 e. The molecule has 8 N–H and O–H groups in total. The van der Waals surface area contributed by atoms with Gasteiger partial charge in [0.25, 0.3) is 11.6 Å². The van der Waals surface area contributed by atoms with Crippen LogP contribution in [-0.4, -0.2) is 89.0 Å². The number of nitrogens with zero attached hydrogens (tertiary/aromatic N) is 3. The number of aromatic amines is 3. The van der Waals surface area contributed by atoms with Gasteiger partial charge in [-0.1, -0.05) is 108 Å². The summed E-state index contributed by atoms with van der Waals surface area (Å²) in [7, 11) is 2.21. The summed E-state index contributed by atoms with van der Waals surface area (Å²) in [6.45, 7) is 9.00. The molecular weight excluding hydrogens is 1650 g/mol. The van der Waals surface area contributed by atoms with Gasteiger partial charge in [0.2, 0.25) is 0 Å². The quantitative estimate of drug-likeness (QED) is 0.00440. The number of ether oxygens (including phenoxy) is 3. The number of carbonyl (C=O) groups excluding carboxylic acids is 4. The molecule has 554 valence electrons. The maximum atomic E-state index is 14.2. The fraction of sp³-hybridized carbons (Fsp3) is 0.173. The molecule has 1 aliphatic carbocycles. The molecule has 2 amide bonds. The van der Waals surface area contributed by atoms with E-state index < -0.39 is 36.6 Å². The van der Waals surface area contributed by atoms with Gasteiger partial charge in [-0.2, -0.15) is 13.8 Å². The Bertz CT molecular complexity index is 4760. The minimum atomic E-state index is -4.64. The van der Waals surface area contributed by atoms with Crippen LogP contribution in [0.1, 0.15) is 80.8 Å². The van der Waals surface area contributed by atoms with Gasteiger partial charge in [-0.3, -0.25) is 24.1 Å². The molecule has 0 saturated heterocycles. The first kappa shape index (κ1) is 88.7. The molecule has 2 radical (unpaired) electrons. The average Bonchev–Trinajstić information content (AvgIpc) is 1.61.